The molecule has 18 heavy (non-hydrogen) atoms. The number of nitrogens with zero attached hydrogens (tertiary/aromatic N) is 1. The molecule has 0 aliphatic heterocycles. The zero-order valence-electron chi connectivity index (χ0n) is 10.4. The fourth-order valence-corrected chi connectivity index (χ4v) is 2.74. The molecule has 0 unspecified atom stereocenters. The largest absolute Gasteiger partial charge is 0.298 e. The molecule has 0 aliphatic rings. The molecular formula is C13H13BrN2OS. The summed E-state index contributed by atoms with van der Waals surface area (Å²) in [6.45, 7) is 6.02. The number of carbonyl (C=O) groups is 1. The average Bonchev–Trinajstić information content (AvgIpc) is 2.83. The van der Waals surface area contributed by atoms with Crippen LogP contribution in [0.15, 0.2) is 22.1 Å². The highest BCUT2D eigenvalue weighted by Crippen LogP contribution is 2.26. The van der Waals surface area contributed by atoms with Crippen molar-refractivity contribution < 1.29 is 4.79 Å². The van der Waals surface area contributed by atoms with Gasteiger partial charge in [0.05, 0.1) is 0 Å². The molecule has 1 N–H and O–H groups in total. The third-order valence-electron chi connectivity index (χ3n) is 3.06. The van der Waals surface area contributed by atoms with Gasteiger partial charge in [-0.25, -0.2) is 4.98 Å². The highest BCUT2D eigenvalue weighted by molar-refractivity contribution is 9.10. The standard InChI is InChI=1S/C13H13BrN2OS/c1-7-8(2)10(6-11(14)9(7)3)12(17)16-13-15-4-5-18-13/h4-6H,1-3H3,(H,15,16,17). The lowest BCUT2D eigenvalue weighted by Gasteiger charge is -2.12. The summed E-state index contributed by atoms with van der Waals surface area (Å²) in [5.74, 6) is -0.119. The van der Waals surface area contributed by atoms with Gasteiger partial charge in [0.2, 0.25) is 0 Å². The third-order valence-corrected chi connectivity index (χ3v) is 4.57. The molecule has 0 saturated carbocycles. The predicted octanol–water partition coefficient (Wildman–Crippen LogP) is 4.08. The molecule has 0 bridgehead atoms. The van der Waals surface area contributed by atoms with Crippen LogP contribution >= 0.6 is 27.3 Å². The van der Waals surface area contributed by atoms with E-state index in [0.717, 1.165) is 15.6 Å². The second kappa shape index (κ2) is 5.20. The van der Waals surface area contributed by atoms with Crippen LogP contribution in [0.4, 0.5) is 5.13 Å². The number of anilines is 1. The van der Waals surface area contributed by atoms with Crippen LogP contribution in [0.2, 0.25) is 0 Å². The number of halogens is 1. The molecule has 2 aromatic rings. The molecular weight excluding hydrogens is 312 g/mol. The number of benzene rings is 1. The summed E-state index contributed by atoms with van der Waals surface area (Å²) in [6.07, 6.45) is 1.67. The van der Waals surface area contributed by atoms with Crippen LogP contribution in [0.25, 0.3) is 0 Å². The molecule has 3 nitrogen and oxygen atoms in total. The normalized spacial score (nSPS) is 10.4. The molecule has 0 atom stereocenters. The number of thiazole rings is 1. The van der Waals surface area contributed by atoms with Crippen LogP contribution in [-0.2, 0) is 0 Å². The molecule has 0 saturated heterocycles. The van der Waals surface area contributed by atoms with Gasteiger partial charge < -0.3 is 0 Å². The van der Waals surface area contributed by atoms with Crippen LogP contribution < -0.4 is 5.32 Å². The van der Waals surface area contributed by atoms with E-state index in [1.165, 1.54) is 16.9 Å². The van der Waals surface area contributed by atoms with Crippen molar-refractivity contribution in [1.29, 1.82) is 0 Å². The molecule has 1 heterocycles. The second-order valence-corrected chi connectivity index (χ2v) is 5.82. The lowest BCUT2D eigenvalue weighted by atomic mass is 9.98. The van der Waals surface area contributed by atoms with E-state index in [4.69, 9.17) is 0 Å². The number of aromatic nitrogens is 1. The fourth-order valence-electron chi connectivity index (χ4n) is 1.69. The van der Waals surface area contributed by atoms with E-state index < -0.39 is 0 Å². The fraction of sp³-hybridized carbons (Fsp3) is 0.231. The number of nitrogens with one attached hydrogen (secondary N) is 1. The third kappa shape index (κ3) is 2.47. The Hall–Kier alpha value is -1.20. The summed E-state index contributed by atoms with van der Waals surface area (Å²) >= 11 is 4.89. The van der Waals surface area contributed by atoms with Gasteiger partial charge in [0, 0.05) is 21.6 Å². The first-order chi connectivity index (χ1) is 8.50. The summed E-state index contributed by atoms with van der Waals surface area (Å²) in [4.78, 5) is 16.2. The quantitative estimate of drug-likeness (QED) is 0.904. The SMILES string of the molecule is Cc1c(Br)cc(C(=O)Nc2nccs2)c(C)c1C. The summed E-state index contributed by atoms with van der Waals surface area (Å²) in [5.41, 5.74) is 3.98. The van der Waals surface area contributed by atoms with E-state index in [0.29, 0.717) is 10.7 Å². The van der Waals surface area contributed by atoms with Crippen LogP contribution in [0.1, 0.15) is 27.0 Å². The van der Waals surface area contributed by atoms with Crippen molar-refractivity contribution in [3.05, 3.63) is 44.4 Å². The van der Waals surface area contributed by atoms with Gasteiger partial charge >= 0.3 is 0 Å². The molecule has 94 valence electrons. The Morgan fingerprint density at radius 3 is 2.61 bits per heavy atom. The van der Waals surface area contributed by atoms with Gasteiger partial charge in [0.15, 0.2) is 5.13 Å². The molecule has 2 rings (SSSR count). The van der Waals surface area contributed by atoms with E-state index >= 15 is 0 Å². The van der Waals surface area contributed by atoms with Crippen molar-refractivity contribution in [3.8, 4) is 0 Å². The van der Waals surface area contributed by atoms with Gasteiger partial charge in [-0.15, -0.1) is 11.3 Å². The number of rotatable bonds is 2. The van der Waals surface area contributed by atoms with E-state index in [-0.39, 0.29) is 5.91 Å². The van der Waals surface area contributed by atoms with E-state index in [2.05, 4.69) is 26.2 Å². The van der Waals surface area contributed by atoms with Gasteiger partial charge in [-0.1, -0.05) is 15.9 Å². The smallest absolute Gasteiger partial charge is 0.257 e. The Kier molecular flexibility index (Phi) is 3.82. The number of amides is 1. The molecule has 1 amide bonds. The molecule has 0 spiro atoms. The Labute approximate surface area is 118 Å². The lowest BCUT2D eigenvalue weighted by Crippen LogP contribution is -2.14. The highest BCUT2D eigenvalue weighted by Gasteiger charge is 2.15. The molecule has 0 fully saturated rings. The lowest BCUT2D eigenvalue weighted by molar-refractivity contribution is 0.102. The van der Waals surface area contributed by atoms with Gasteiger partial charge in [0.25, 0.3) is 5.91 Å². The van der Waals surface area contributed by atoms with Crippen molar-refractivity contribution in [2.24, 2.45) is 0 Å². The van der Waals surface area contributed by atoms with Crippen LogP contribution in [-0.4, -0.2) is 10.9 Å². The summed E-state index contributed by atoms with van der Waals surface area (Å²) in [5, 5.41) is 5.25. The van der Waals surface area contributed by atoms with Crippen LogP contribution in [0.5, 0.6) is 0 Å². The number of hydrogen-bond acceptors (Lipinski definition) is 3. The zero-order valence-corrected chi connectivity index (χ0v) is 12.8. The van der Waals surface area contributed by atoms with Gasteiger partial charge in [0.1, 0.15) is 0 Å². The minimum absolute atomic E-state index is 0.119. The predicted molar refractivity (Wildman–Crippen MR) is 78.4 cm³/mol. The first kappa shape index (κ1) is 13.2. The second-order valence-electron chi connectivity index (χ2n) is 4.07. The van der Waals surface area contributed by atoms with E-state index in [1.54, 1.807) is 6.20 Å². The maximum atomic E-state index is 12.2. The molecule has 0 radical (unpaired) electrons. The van der Waals surface area contributed by atoms with Crippen LogP contribution in [0, 0.1) is 20.8 Å². The molecule has 5 heteroatoms. The number of carbonyl (C=O) groups excluding carboxylic acids is 1. The van der Waals surface area contributed by atoms with Gasteiger partial charge in [-0.3, -0.25) is 10.1 Å². The van der Waals surface area contributed by atoms with Crippen LogP contribution in [0.3, 0.4) is 0 Å². The average molecular weight is 325 g/mol. The monoisotopic (exact) mass is 324 g/mol. The van der Waals surface area contributed by atoms with Crippen molar-refractivity contribution >= 4 is 38.3 Å². The zero-order chi connectivity index (χ0) is 13.3. The van der Waals surface area contributed by atoms with E-state index in [9.17, 15) is 4.79 Å². The summed E-state index contributed by atoms with van der Waals surface area (Å²) in [6, 6.07) is 1.86. The topological polar surface area (TPSA) is 42.0 Å². The first-order valence-electron chi connectivity index (χ1n) is 5.48. The Morgan fingerprint density at radius 1 is 1.28 bits per heavy atom. The Bertz CT molecular complexity index is 594. The summed E-state index contributed by atoms with van der Waals surface area (Å²) < 4.78 is 0.954. The van der Waals surface area contributed by atoms with Crippen molar-refractivity contribution in [1.82, 2.24) is 4.98 Å². The minimum Gasteiger partial charge on any atom is -0.298 e. The van der Waals surface area contributed by atoms with Gasteiger partial charge in [-0.05, 0) is 43.5 Å². The highest BCUT2D eigenvalue weighted by atomic mass is 79.9. The minimum atomic E-state index is -0.119. The summed E-state index contributed by atoms with van der Waals surface area (Å²) in [7, 11) is 0. The number of hydrogen-bond donors (Lipinski definition) is 1. The maximum absolute atomic E-state index is 12.2. The van der Waals surface area contributed by atoms with Crippen molar-refractivity contribution in [2.45, 2.75) is 20.8 Å². The Balaban J connectivity index is 2.36. The van der Waals surface area contributed by atoms with Crippen molar-refractivity contribution in [2.75, 3.05) is 5.32 Å². The van der Waals surface area contributed by atoms with E-state index in [1.807, 2.05) is 32.2 Å². The van der Waals surface area contributed by atoms with Gasteiger partial charge in [-0.2, -0.15) is 0 Å². The van der Waals surface area contributed by atoms with Crippen molar-refractivity contribution in [3.63, 3.8) is 0 Å². The Morgan fingerprint density at radius 2 is 2.00 bits per heavy atom. The molecule has 1 aromatic heterocycles. The maximum Gasteiger partial charge on any atom is 0.257 e. The first-order valence-corrected chi connectivity index (χ1v) is 7.15. The molecule has 0 aliphatic carbocycles. The molecule has 1 aromatic carbocycles.